The van der Waals surface area contributed by atoms with Gasteiger partial charge in [-0.1, -0.05) is 90.9 Å². The highest BCUT2D eigenvalue weighted by Gasteiger charge is 2.01. The van der Waals surface area contributed by atoms with E-state index in [1.165, 1.54) is 116 Å². The molecule has 0 fully saturated rings. The van der Waals surface area contributed by atoms with Crippen LogP contribution in [0.15, 0.2) is 0 Å². The second-order valence-electron chi connectivity index (χ2n) is 7.51. The summed E-state index contributed by atoms with van der Waals surface area (Å²) in [4.78, 5) is 2.64. The van der Waals surface area contributed by atoms with Crippen LogP contribution in [0, 0.1) is 0 Å². The Morgan fingerprint density at radius 1 is 0.458 bits per heavy atom. The molecule has 0 saturated heterocycles. The van der Waals surface area contributed by atoms with Crippen LogP contribution in [-0.4, -0.2) is 36.2 Å². The number of hydrogen-bond acceptors (Lipinski definition) is 2. The van der Waals surface area contributed by atoms with Crippen molar-refractivity contribution in [3.05, 3.63) is 0 Å². The first-order valence-corrected chi connectivity index (χ1v) is 11.2. The molecule has 0 amide bonds. The van der Waals surface area contributed by atoms with Gasteiger partial charge in [-0.25, -0.2) is 0 Å². The largest absolute Gasteiger partial charge is 0.396 e. The topological polar surface area (TPSA) is 23.5 Å². The molecule has 24 heavy (non-hydrogen) atoms. The van der Waals surface area contributed by atoms with E-state index in [0.29, 0.717) is 6.61 Å². The Hall–Kier alpha value is -0.0800. The number of hydrogen-bond donors (Lipinski definition) is 1. The predicted molar refractivity (Wildman–Crippen MR) is 109 cm³/mol. The predicted octanol–water partition coefficient (Wildman–Crippen LogP) is 6.56. The van der Waals surface area contributed by atoms with Gasteiger partial charge in [-0.15, -0.1) is 0 Å². The van der Waals surface area contributed by atoms with Gasteiger partial charge in [0.15, 0.2) is 0 Å². The van der Waals surface area contributed by atoms with Gasteiger partial charge in [0.05, 0.1) is 0 Å². The fourth-order valence-electron chi connectivity index (χ4n) is 3.54. The molecule has 0 aromatic heterocycles. The van der Waals surface area contributed by atoms with Gasteiger partial charge in [-0.2, -0.15) is 0 Å². The van der Waals surface area contributed by atoms with Gasteiger partial charge in [-0.05, 0) is 45.3 Å². The van der Waals surface area contributed by atoms with Gasteiger partial charge in [0, 0.05) is 6.61 Å². The molecule has 0 atom stereocenters. The summed E-state index contributed by atoms with van der Waals surface area (Å²) in [6.07, 6.45) is 21.8. The fraction of sp³-hybridized carbons (Fsp3) is 1.00. The highest BCUT2D eigenvalue weighted by Crippen LogP contribution is 2.13. The van der Waals surface area contributed by atoms with Gasteiger partial charge < -0.3 is 10.0 Å². The first-order valence-electron chi connectivity index (χ1n) is 11.2. The number of aliphatic hydroxyl groups is 1. The highest BCUT2D eigenvalue weighted by atomic mass is 16.2. The summed E-state index contributed by atoms with van der Waals surface area (Å²) in [6, 6.07) is 0. The first-order chi connectivity index (χ1) is 11.8. The van der Waals surface area contributed by atoms with Crippen molar-refractivity contribution in [2.75, 3.05) is 26.2 Å². The molecule has 0 aliphatic heterocycles. The standard InChI is InChI=1S/C22H47NO/c1-3-19-23(20-4-2)21-17-15-13-11-9-7-5-6-8-10-12-14-16-18-22-24/h24H,3-22H2,1-2H3. The molecule has 0 heterocycles. The summed E-state index contributed by atoms with van der Waals surface area (Å²) in [6.45, 7) is 8.85. The van der Waals surface area contributed by atoms with Crippen molar-refractivity contribution in [3.63, 3.8) is 0 Å². The van der Waals surface area contributed by atoms with E-state index >= 15 is 0 Å². The molecule has 2 nitrogen and oxygen atoms in total. The number of rotatable bonds is 20. The highest BCUT2D eigenvalue weighted by molar-refractivity contribution is 4.57. The average molecular weight is 342 g/mol. The molecule has 0 saturated carbocycles. The first kappa shape index (κ1) is 23.9. The monoisotopic (exact) mass is 341 g/mol. The van der Waals surface area contributed by atoms with Crippen molar-refractivity contribution < 1.29 is 5.11 Å². The van der Waals surface area contributed by atoms with Gasteiger partial charge in [0.25, 0.3) is 0 Å². The molecule has 0 aliphatic carbocycles. The molecule has 0 spiro atoms. The summed E-state index contributed by atoms with van der Waals surface area (Å²) in [7, 11) is 0. The Morgan fingerprint density at radius 3 is 1.12 bits per heavy atom. The molecule has 0 aromatic rings. The zero-order valence-corrected chi connectivity index (χ0v) is 17.0. The minimum atomic E-state index is 0.371. The van der Waals surface area contributed by atoms with Crippen molar-refractivity contribution >= 4 is 0 Å². The lowest BCUT2D eigenvalue weighted by molar-refractivity contribution is 0.267. The van der Waals surface area contributed by atoms with Crippen LogP contribution in [0.1, 0.15) is 117 Å². The van der Waals surface area contributed by atoms with Gasteiger partial charge >= 0.3 is 0 Å². The van der Waals surface area contributed by atoms with Crippen LogP contribution in [0.5, 0.6) is 0 Å². The van der Waals surface area contributed by atoms with Gasteiger partial charge in [-0.3, -0.25) is 0 Å². The lowest BCUT2D eigenvalue weighted by Gasteiger charge is -2.20. The average Bonchev–Trinajstić information content (AvgIpc) is 2.58. The SMILES string of the molecule is CCCN(CCC)CCCCCCCCCCCCCCCCO. The second-order valence-corrected chi connectivity index (χ2v) is 7.51. The van der Waals surface area contributed by atoms with E-state index in [-0.39, 0.29) is 0 Å². The maximum absolute atomic E-state index is 8.72. The summed E-state index contributed by atoms with van der Waals surface area (Å²) in [5.41, 5.74) is 0. The molecule has 0 aliphatic rings. The molecule has 146 valence electrons. The Balaban J connectivity index is 3.14. The number of unbranched alkanes of at least 4 members (excludes halogenated alkanes) is 13. The van der Waals surface area contributed by atoms with Crippen LogP contribution in [-0.2, 0) is 0 Å². The summed E-state index contributed by atoms with van der Waals surface area (Å²) >= 11 is 0. The number of nitrogens with zero attached hydrogens (tertiary/aromatic N) is 1. The van der Waals surface area contributed by atoms with E-state index in [2.05, 4.69) is 18.7 Å². The molecule has 2 heteroatoms. The molecule has 1 N–H and O–H groups in total. The van der Waals surface area contributed by atoms with E-state index < -0.39 is 0 Å². The third kappa shape index (κ3) is 18.3. The van der Waals surface area contributed by atoms with E-state index in [9.17, 15) is 0 Å². The van der Waals surface area contributed by atoms with Crippen molar-refractivity contribution in [1.29, 1.82) is 0 Å². The fourth-order valence-corrected chi connectivity index (χ4v) is 3.54. The lowest BCUT2D eigenvalue weighted by Crippen LogP contribution is -2.26. The van der Waals surface area contributed by atoms with Crippen molar-refractivity contribution in [3.8, 4) is 0 Å². The Bertz CT molecular complexity index is 214. The zero-order chi connectivity index (χ0) is 17.7. The van der Waals surface area contributed by atoms with E-state index in [1.54, 1.807) is 0 Å². The Kier molecular flexibility index (Phi) is 20.9. The van der Waals surface area contributed by atoms with Crippen LogP contribution in [0.25, 0.3) is 0 Å². The van der Waals surface area contributed by atoms with Crippen LogP contribution in [0.2, 0.25) is 0 Å². The van der Waals surface area contributed by atoms with Crippen molar-refractivity contribution in [2.24, 2.45) is 0 Å². The molecule has 0 bridgehead atoms. The lowest BCUT2D eigenvalue weighted by atomic mass is 10.0. The Morgan fingerprint density at radius 2 is 0.792 bits per heavy atom. The number of aliphatic hydroxyl groups excluding tert-OH is 1. The quantitative estimate of drug-likeness (QED) is 0.253. The minimum Gasteiger partial charge on any atom is -0.396 e. The van der Waals surface area contributed by atoms with Crippen molar-refractivity contribution in [2.45, 2.75) is 117 Å². The molecular formula is C22H47NO. The molecule has 0 aromatic carbocycles. The molecule has 0 rings (SSSR count). The van der Waals surface area contributed by atoms with Crippen LogP contribution < -0.4 is 0 Å². The van der Waals surface area contributed by atoms with Gasteiger partial charge in [0.1, 0.15) is 0 Å². The third-order valence-corrected chi connectivity index (χ3v) is 4.96. The maximum Gasteiger partial charge on any atom is 0.0431 e. The zero-order valence-electron chi connectivity index (χ0n) is 17.0. The smallest absolute Gasteiger partial charge is 0.0431 e. The molecule has 0 unspecified atom stereocenters. The van der Waals surface area contributed by atoms with E-state index in [0.717, 1.165) is 6.42 Å². The third-order valence-electron chi connectivity index (χ3n) is 4.96. The maximum atomic E-state index is 8.72. The second kappa shape index (κ2) is 21.0. The van der Waals surface area contributed by atoms with Crippen LogP contribution in [0.4, 0.5) is 0 Å². The summed E-state index contributed by atoms with van der Waals surface area (Å²) in [5, 5.41) is 8.72. The minimum absolute atomic E-state index is 0.371. The molecular weight excluding hydrogens is 294 g/mol. The van der Waals surface area contributed by atoms with E-state index in [1.807, 2.05) is 0 Å². The van der Waals surface area contributed by atoms with Crippen molar-refractivity contribution in [1.82, 2.24) is 4.90 Å². The molecule has 0 radical (unpaired) electrons. The van der Waals surface area contributed by atoms with Crippen LogP contribution in [0.3, 0.4) is 0 Å². The van der Waals surface area contributed by atoms with E-state index in [4.69, 9.17) is 5.11 Å². The summed E-state index contributed by atoms with van der Waals surface area (Å²) < 4.78 is 0. The van der Waals surface area contributed by atoms with Crippen LogP contribution >= 0.6 is 0 Å². The normalized spacial score (nSPS) is 11.5. The summed E-state index contributed by atoms with van der Waals surface area (Å²) in [5.74, 6) is 0. The van der Waals surface area contributed by atoms with Gasteiger partial charge in [0.2, 0.25) is 0 Å². The Labute approximate surface area is 153 Å².